The number of furan rings is 1. The van der Waals surface area contributed by atoms with Crippen LogP contribution in [0.5, 0.6) is 11.5 Å². The van der Waals surface area contributed by atoms with Crippen molar-refractivity contribution in [3.8, 4) is 22.6 Å². The molecular weight excluding hydrogens is 491 g/mol. The maximum Gasteiger partial charge on any atom is 0.310 e. The summed E-state index contributed by atoms with van der Waals surface area (Å²) < 4.78 is 43.4. The molecule has 0 unspecified atom stereocenters. The van der Waals surface area contributed by atoms with Crippen molar-refractivity contribution in [1.82, 2.24) is 10.3 Å². The summed E-state index contributed by atoms with van der Waals surface area (Å²) in [5, 5.41) is 3.73. The first kappa shape index (κ1) is 27.1. The van der Waals surface area contributed by atoms with E-state index in [1.54, 1.807) is 58.7 Å². The van der Waals surface area contributed by atoms with Crippen molar-refractivity contribution in [3.63, 3.8) is 0 Å². The zero-order chi connectivity index (χ0) is 27.1. The summed E-state index contributed by atoms with van der Waals surface area (Å²) in [6.45, 7) is 2.79. The van der Waals surface area contributed by atoms with Crippen LogP contribution in [0.4, 0.5) is 4.39 Å². The molecule has 9 heteroatoms. The smallest absolute Gasteiger partial charge is 0.310 e. The number of halogens is 1. The third-order valence-electron chi connectivity index (χ3n) is 5.92. The zero-order valence-electron chi connectivity index (χ0n) is 21.9. The monoisotopic (exact) mass is 522 g/mol. The minimum absolute atomic E-state index is 0.0655. The molecule has 8 nitrogen and oxygen atoms in total. The molecule has 0 aliphatic heterocycles. The Balaban J connectivity index is 1.73. The van der Waals surface area contributed by atoms with Gasteiger partial charge in [-0.3, -0.25) is 9.78 Å². The van der Waals surface area contributed by atoms with E-state index in [0.29, 0.717) is 51.8 Å². The number of rotatable bonds is 12. The molecule has 0 saturated carbocycles. The lowest BCUT2D eigenvalue weighted by atomic mass is 10.00. The number of carbonyl (C=O) groups is 1. The number of esters is 1. The predicted molar refractivity (Wildman–Crippen MR) is 141 cm³/mol. The summed E-state index contributed by atoms with van der Waals surface area (Å²) in [6, 6.07) is 12.6. The number of methoxy groups -OCH3 is 2. The molecule has 2 aromatic heterocycles. The van der Waals surface area contributed by atoms with Crippen LogP contribution in [0, 0.1) is 5.82 Å². The van der Waals surface area contributed by atoms with E-state index < -0.39 is 5.82 Å². The molecule has 4 aromatic rings. The predicted octanol–water partition coefficient (Wildman–Crippen LogP) is 5.19. The van der Waals surface area contributed by atoms with Gasteiger partial charge < -0.3 is 28.7 Å². The molecule has 0 amide bonds. The highest BCUT2D eigenvalue weighted by molar-refractivity contribution is 5.93. The molecule has 1 N–H and O–H groups in total. The van der Waals surface area contributed by atoms with Gasteiger partial charge in [-0.1, -0.05) is 6.07 Å². The van der Waals surface area contributed by atoms with Gasteiger partial charge in [0, 0.05) is 48.0 Å². The molecule has 0 spiro atoms. The minimum Gasteiger partial charge on any atom is -0.497 e. The van der Waals surface area contributed by atoms with E-state index in [9.17, 15) is 4.79 Å². The van der Waals surface area contributed by atoms with Crippen molar-refractivity contribution in [1.29, 1.82) is 0 Å². The fraction of sp³-hybridized carbons (Fsp3) is 0.310. The Labute approximate surface area is 220 Å². The number of aromatic nitrogens is 1. The molecular formula is C29H31FN2O6. The lowest BCUT2D eigenvalue weighted by Crippen LogP contribution is -2.10. The van der Waals surface area contributed by atoms with Gasteiger partial charge >= 0.3 is 5.97 Å². The first-order valence-electron chi connectivity index (χ1n) is 12.2. The molecule has 0 aliphatic rings. The van der Waals surface area contributed by atoms with E-state index >= 15 is 4.39 Å². The van der Waals surface area contributed by atoms with E-state index in [4.69, 9.17) is 23.4 Å². The van der Waals surface area contributed by atoms with Gasteiger partial charge in [0.1, 0.15) is 36.1 Å². The normalized spacial score (nSPS) is 11.1. The molecule has 38 heavy (non-hydrogen) atoms. The van der Waals surface area contributed by atoms with Crippen molar-refractivity contribution >= 4 is 16.9 Å². The second-order valence-corrected chi connectivity index (χ2v) is 8.60. The minimum atomic E-state index is -0.421. The fourth-order valence-corrected chi connectivity index (χ4v) is 4.22. The lowest BCUT2D eigenvalue weighted by molar-refractivity contribution is -0.142. The van der Waals surface area contributed by atoms with Gasteiger partial charge in [0.15, 0.2) is 5.82 Å². The molecule has 0 bridgehead atoms. The number of carbonyl (C=O) groups excluding carboxylic acids is 1. The van der Waals surface area contributed by atoms with Crippen LogP contribution >= 0.6 is 0 Å². The number of hydrogen-bond donors (Lipinski definition) is 1. The van der Waals surface area contributed by atoms with Crippen LogP contribution in [0.1, 0.15) is 29.5 Å². The Morgan fingerprint density at radius 2 is 1.92 bits per heavy atom. The van der Waals surface area contributed by atoms with E-state index in [2.05, 4.69) is 10.3 Å². The molecule has 2 heterocycles. The number of benzene rings is 2. The number of ether oxygens (including phenoxy) is 4. The van der Waals surface area contributed by atoms with Crippen LogP contribution in [0.3, 0.4) is 0 Å². The summed E-state index contributed by atoms with van der Waals surface area (Å²) in [4.78, 5) is 16.3. The van der Waals surface area contributed by atoms with E-state index in [1.165, 1.54) is 0 Å². The topological polar surface area (TPSA) is 92.1 Å². The van der Waals surface area contributed by atoms with Crippen molar-refractivity contribution in [2.45, 2.75) is 33.1 Å². The highest BCUT2D eigenvalue weighted by Gasteiger charge is 2.19. The fourth-order valence-electron chi connectivity index (χ4n) is 4.22. The Morgan fingerprint density at radius 1 is 1.08 bits per heavy atom. The van der Waals surface area contributed by atoms with Crippen LogP contribution < -0.4 is 14.8 Å². The van der Waals surface area contributed by atoms with Gasteiger partial charge in [0.25, 0.3) is 0 Å². The molecule has 0 aliphatic carbocycles. The first-order chi connectivity index (χ1) is 18.5. The highest BCUT2D eigenvalue weighted by Crippen LogP contribution is 2.35. The Kier molecular flexibility index (Phi) is 8.93. The standard InChI is InChI=1S/C29H31FN2O6/c1-5-36-27(33)13-19-6-7-21(35-4)14-26(19)37-16-18-10-20-12-22(17-34-3)38-29(20)24(11-18)23-8-9-32-25(15-31-2)28(23)30/h6-12,14,31H,5,13,15-17H2,1-4H3. The van der Waals surface area contributed by atoms with Gasteiger partial charge in [0.05, 0.1) is 25.8 Å². The largest absolute Gasteiger partial charge is 0.497 e. The highest BCUT2D eigenvalue weighted by atomic mass is 19.1. The third kappa shape index (κ3) is 6.12. The second kappa shape index (κ2) is 12.5. The number of hydrogen-bond acceptors (Lipinski definition) is 8. The van der Waals surface area contributed by atoms with Crippen LogP contribution in [0.25, 0.3) is 22.1 Å². The van der Waals surface area contributed by atoms with Crippen LogP contribution in [-0.2, 0) is 40.4 Å². The third-order valence-corrected chi connectivity index (χ3v) is 5.92. The van der Waals surface area contributed by atoms with Gasteiger partial charge in [-0.05, 0) is 49.9 Å². The van der Waals surface area contributed by atoms with Crippen LogP contribution in [-0.4, -0.2) is 38.8 Å². The summed E-state index contributed by atoms with van der Waals surface area (Å²) in [7, 11) is 4.89. The molecule has 0 radical (unpaired) electrons. The molecule has 0 saturated heterocycles. The van der Waals surface area contributed by atoms with Crippen LogP contribution in [0.15, 0.2) is 53.1 Å². The maximum atomic E-state index is 15.5. The SMILES string of the molecule is CCOC(=O)Cc1ccc(OC)cc1OCc1cc(-c2ccnc(CNC)c2F)c2oc(COC)cc2c1. The van der Waals surface area contributed by atoms with Gasteiger partial charge in [-0.15, -0.1) is 0 Å². The zero-order valence-corrected chi connectivity index (χ0v) is 21.9. The maximum absolute atomic E-state index is 15.5. The van der Waals surface area contributed by atoms with E-state index in [-0.39, 0.29) is 32.1 Å². The van der Waals surface area contributed by atoms with E-state index in [1.807, 2.05) is 18.2 Å². The Hall–Kier alpha value is -3.95. The molecule has 200 valence electrons. The molecule has 4 rings (SSSR count). The van der Waals surface area contributed by atoms with E-state index in [0.717, 1.165) is 10.9 Å². The Morgan fingerprint density at radius 3 is 2.66 bits per heavy atom. The summed E-state index contributed by atoms with van der Waals surface area (Å²) >= 11 is 0. The average molecular weight is 523 g/mol. The number of fused-ring (bicyclic) bond motifs is 1. The van der Waals surface area contributed by atoms with Crippen molar-refractivity contribution in [2.24, 2.45) is 0 Å². The Bertz CT molecular complexity index is 1420. The first-order valence-corrected chi connectivity index (χ1v) is 12.2. The summed E-state index contributed by atoms with van der Waals surface area (Å²) in [5.74, 6) is 0.948. The molecule has 2 aromatic carbocycles. The number of nitrogens with one attached hydrogen (secondary N) is 1. The molecule has 0 atom stereocenters. The van der Waals surface area contributed by atoms with Crippen LogP contribution in [0.2, 0.25) is 0 Å². The average Bonchev–Trinajstić information content (AvgIpc) is 3.32. The quantitative estimate of drug-likeness (QED) is 0.254. The van der Waals surface area contributed by atoms with Gasteiger partial charge in [-0.2, -0.15) is 0 Å². The number of nitrogens with zero attached hydrogens (tertiary/aromatic N) is 1. The molecule has 0 fully saturated rings. The van der Waals surface area contributed by atoms with Gasteiger partial charge in [-0.25, -0.2) is 4.39 Å². The van der Waals surface area contributed by atoms with Gasteiger partial charge in [0.2, 0.25) is 0 Å². The van der Waals surface area contributed by atoms with Crippen molar-refractivity contribution in [3.05, 3.63) is 77.1 Å². The summed E-state index contributed by atoms with van der Waals surface area (Å²) in [5.41, 5.74) is 3.27. The summed E-state index contributed by atoms with van der Waals surface area (Å²) in [6.07, 6.45) is 1.65. The number of pyridine rings is 1. The van der Waals surface area contributed by atoms with Crippen molar-refractivity contribution < 1.29 is 32.5 Å². The lowest BCUT2D eigenvalue weighted by Gasteiger charge is -2.14. The second-order valence-electron chi connectivity index (χ2n) is 8.60. The van der Waals surface area contributed by atoms with Crippen molar-refractivity contribution in [2.75, 3.05) is 27.9 Å².